The van der Waals surface area contributed by atoms with Crippen molar-refractivity contribution >= 4 is 23.1 Å². The van der Waals surface area contributed by atoms with Crippen molar-refractivity contribution in [1.82, 2.24) is 19.1 Å². The number of carbonyl (C=O) groups is 1. The van der Waals surface area contributed by atoms with Gasteiger partial charge in [-0.15, -0.1) is 0 Å². The third-order valence-electron chi connectivity index (χ3n) is 5.28. The summed E-state index contributed by atoms with van der Waals surface area (Å²) >= 11 is 0. The summed E-state index contributed by atoms with van der Waals surface area (Å²) in [6.45, 7) is 2.10. The highest BCUT2D eigenvalue weighted by atomic mass is 16.5. The molecule has 4 N–H and O–H groups in total. The number of hydrogen-bond donors (Lipinski definition) is 3. The molecule has 1 saturated carbocycles. The third kappa shape index (κ3) is 3.15. The Morgan fingerprint density at radius 2 is 2.25 bits per heavy atom. The van der Waals surface area contributed by atoms with Gasteiger partial charge in [0.05, 0.1) is 31.4 Å². The fourth-order valence-corrected chi connectivity index (χ4v) is 3.78. The van der Waals surface area contributed by atoms with E-state index in [-0.39, 0.29) is 42.4 Å². The van der Waals surface area contributed by atoms with Gasteiger partial charge in [0.15, 0.2) is 11.9 Å². The van der Waals surface area contributed by atoms with Crippen LogP contribution in [-0.2, 0) is 20.8 Å². The first kappa shape index (κ1) is 18.8. The highest BCUT2D eigenvalue weighted by Crippen LogP contribution is 2.41. The van der Waals surface area contributed by atoms with E-state index in [1.807, 2.05) is 0 Å². The van der Waals surface area contributed by atoms with Crippen molar-refractivity contribution in [3.63, 3.8) is 0 Å². The zero-order chi connectivity index (χ0) is 20.0. The van der Waals surface area contributed by atoms with Crippen LogP contribution in [0.5, 0.6) is 0 Å². The van der Waals surface area contributed by atoms with Crippen molar-refractivity contribution in [3.05, 3.63) is 16.7 Å². The van der Waals surface area contributed by atoms with Crippen molar-refractivity contribution in [2.24, 2.45) is 11.8 Å². The number of nitrogens with two attached hydrogens (primary N) is 1. The smallest absolute Gasteiger partial charge is 0.332 e. The SMILES string of the molecule is CCOC(=O)[C@@H]1C[C@H]1Cn1c(=O)n([C@@H]2O[C@H](CO)C[C@H]2O)c2nc(N)ncc21. The lowest BCUT2D eigenvalue weighted by Gasteiger charge is -2.15. The quantitative estimate of drug-likeness (QED) is 0.525. The normalized spacial score (nSPS) is 29.3. The molecule has 152 valence electrons. The molecule has 0 bridgehead atoms. The number of nitrogens with zero attached hydrogens (tertiary/aromatic N) is 4. The lowest BCUT2D eigenvalue weighted by molar-refractivity contribution is -0.145. The Labute approximate surface area is 159 Å². The summed E-state index contributed by atoms with van der Waals surface area (Å²) in [6.07, 6.45) is -0.235. The molecule has 11 nitrogen and oxygen atoms in total. The van der Waals surface area contributed by atoms with Gasteiger partial charge >= 0.3 is 11.7 Å². The fraction of sp³-hybridized carbons (Fsp3) is 0.647. The molecule has 4 rings (SSSR count). The number of imidazole rings is 1. The van der Waals surface area contributed by atoms with Crippen LogP contribution in [0.1, 0.15) is 26.0 Å². The predicted molar refractivity (Wildman–Crippen MR) is 96.1 cm³/mol. The van der Waals surface area contributed by atoms with E-state index in [0.717, 1.165) is 0 Å². The highest BCUT2D eigenvalue weighted by molar-refractivity contribution is 5.76. The number of nitrogen functional groups attached to an aromatic ring is 1. The second kappa shape index (κ2) is 7.15. The lowest BCUT2D eigenvalue weighted by atomic mass is 10.2. The number of esters is 1. The van der Waals surface area contributed by atoms with Crippen LogP contribution in [0.3, 0.4) is 0 Å². The summed E-state index contributed by atoms with van der Waals surface area (Å²) in [7, 11) is 0. The number of hydrogen-bond acceptors (Lipinski definition) is 9. The number of aliphatic hydroxyl groups is 2. The number of carbonyl (C=O) groups excluding carboxylic acids is 1. The summed E-state index contributed by atoms with van der Waals surface area (Å²) in [5.41, 5.74) is 5.94. The number of rotatable bonds is 6. The first-order chi connectivity index (χ1) is 13.4. The predicted octanol–water partition coefficient (Wildman–Crippen LogP) is -0.985. The number of fused-ring (bicyclic) bond motifs is 1. The van der Waals surface area contributed by atoms with Gasteiger partial charge in [0, 0.05) is 13.0 Å². The van der Waals surface area contributed by atoms with Crippen molar-refractivity contribution < 1.29 is 24.5 Å². The van der Waals surface area contributed by atoms with E-state index in [1.54, 1.807) is 6.92 Å². The molecule has 1 saturated heterocycles. The molecule has 0 unspecified atom stereocenters. The van der Waals surface area contributed by atoms with E-state index < -0.39 is 24.1 Å². The Hall–Kier alpha value is -2.50. The van der Waals surface area contributed by atoms with Crippen molar-refractivity contribution in [2.75, 3.05) is 18.9 Å². The van der Waals surface area contributed by atoms with Crippen LogP contribution in [-0.4, -0.2) is 60.7 Å². The molecule has 1 aliphatic carbocycles. The summed E-state index contributed by atoms with van der Waals surface area (Å²) in [5, 5.41) is 19.6. The number of aliphatic hydroxyl groups excluding tert-OH is 2. The molecule has 2 aliphatic rings. The van der Waals surface area contributed by atoms with Gasteiger partial charge < -0.3 is 25.4 Å². The standard InChI is InChI=1S/C17H23N5O6/c1-2-27-15(25)10-3-8(10)6-21-11-5-19-16(18)20-13(11)22(17(21)26)14-12(24)4-9(7-23)28-14/h5,8-10,12,14,23-24H,2-4,6-7H2,1H3,(H2,18,19,20)/t8-,9-,10+,12+,14+/m0/s1. The van der Waals surface area contributed by atoms with Crippen molar-refractivity contribution in [1.29, 1.82) is 0 Å². The van der Waals surface area contributed by atoms with Gasteiger partial charge in [-0.1, -0.05) is 0 Å². The average molecular weight is 393 g/mol. The summed E-state index contributed by atoms with van der Waals surface area (Å²) in [4.78, 5) is 33.2. The molecule has 2 aromatic heterocycles. The van der Waals surface area contributed by atoms with E-state index in [0.29, 0.717) is 25.1 Å². The van der Waals surface area contributed by atoms with Gasteiger partial charge in [-0.2, -0.15) is 4.98 Å². The summed E-state index contributed by atoms with van der Waals surface area (Å²) in [6, 6.07) is 0. The Bertz CT molecular complexity index is 955. The number of ether oxygens (including phenoxy) is 2. The van der Waals surface area contributed by atoms with Gasteiger partial charge in [-0.25, -0.2) is 14.3 Å². The first-order valence-electron chi connectivity index (χ1n) is 9.28. The molecule has 3 heterocycles. The van der Waals surface area contributed by atoms with Crippen LogP contribution in [0, 0.1) is 11.8 Å². The molecule has 11 heteroatoms. The molecular formula is C17H23N5O6. The van der Waals surface area contributed by atoms with E-state index >= 15 is 0 Å². The first-order valence-corrected chi connectivity index (χ1v) is 9.28. The minimum Gasteiger partial charge on any atom is -0.466 e. The van der Waals surface area contributed by atoms with Crippen LogP contribution >= 0.6 is 0 Å². The van der Waals surface area contributed by atoms with Crippen molar-refractivity contribution in [2.45, 2.75) is 44.7 Å². The maximum Gasteiger partial charge on any atom is 0.332 e. The van der Waals surface area contributed by atoms with Crippen LogP contribution in [0.15, 0.2) is 11.0 Å². The van der Waals surface area contributed by atoms with Crippen molar-refractivity contribution in [3.8, 4) is 0 Å². The molecule has 2 fully saturated rings. The van der Waals surface area contributed by atoms with Gasteiger partial charge in [-0.3, -0.25) is 9.36 Å². The van der Waals surface area contributed by atoms with E-state index in [2.05, 4.69) is 9.97 Å². The zero-order valence-corrected chi connectivity index (χ0v) is 15.4. The largest absolute Gasteiger partial charge is 0.466 e. The van der Waals surface area contributed by atoms with E-state index in [4.69, 9.17) is 15.2 Å². The Kier molecular flexibility index (Phi) is 4.81. The molecule has 0 amide bonds. The van der Waals surface area contributed by atoms with Gasteiger partial charge in [0.25, 0.3) is 0 Å². The Morgan fingerprint density at radius 1 is 1.46 bits per heavy atom. The molecule has 2 aromatic rings. The minimum absolute atomic E-state index is 0.0135. The second-order valence-electron chi connectivity index (χ2n) is 7.19. The third-order valence-corrected chi connectivity index (χ3v) is 5.28. The van der Waals surface area contributed by atoms with E-state index in [1.165, 1.54) is 15.3 Å². The second-order valence-corrected chi connectivity index (χ2v) is 7.19. The maximum absolute atomic E-state index is 13.1. The molecule has 0 spiro atoms. The van der Waals surface area contributed by atoms with Crippen LogP contribution in [0.4, 0.5) is 5.95 Å². The monoisotopic (exact) mass is 393 g/mol. The van der Waals surface area contributed by atoms with Crippen LogP contribution in [0.2, 0.25) is 0 Å². The zero-order valence-electron chi connectivity index (χ0n) is 15.4. The Balaban J connectivity index is 1.70. The minimum atomic E-state index is -0.984. The molecule has 1 aliphatic heterocycles. The fourth-order valence-electron chi connectivity index (χ4n) is 3.78. The number of anilines is 1. The molecule has 5 atom stereocenters. The topological polar surface area (TPSA) is 155 Å². The van der Waals surface area contributed by atoms with Gasteiger partial charge in [-0.05, 0) is 19.3 Å². The maximum atomic E-state index is 13.1. The number of aromatic nitrogens is 4. The Morgan fingerprint density at radius 3 is 2.93 bits per heavy atom. The van der Waals surface area contributed by atoms with Crippen LogP contribution in [0.25, 0.3) is 11.2 Å². The van der Waals surface area contributed by atoms with Gasteiger partial charge in [0.2, 0.25) is 5.95 Å². The van der Waals surface area contributed by atoms with Crippen LogP contribution < -0.4 is 11.4 Å². The summed E-state index contributed by atoms with van der Waals surface area (Å²) in [5.74, 6) is -0.523. The van der Waals surface area contributed by atoms with E-state index in [9.17, 15) is 19.8 Å². The molecule has 28 heavy (non-hydrogen) atoms. The molecule has 0 radical (unpaired) electrons. The lowest BCUT2D eigenvalue weighted by Crippen LogP contribution is -2.32. The highest BCUT2D eigenvalue weighted by Gasteiger charge is 2.45. The van der Waals surface area contributed by atoms with Gasteiger partial charge in [0.1, 0.15) is 11.6 Å². The average Bonchev–Trinajstić information content (AvgIpc) is 3.27. The molecule has 0 aromatic carbocycles. The molecular weight excluding hydrogens is 370 g/mol. The summed E-state index contributed by atoms with van der Waals surface area (Å²) < 4.78 is 13.4.